The Morgan fingerprint density at radius 2 is 1.56 bits per heavy atom. The number of anilines is 1. The summed E-state index contributed by atoms with van der Waals surface area (Å²) >= 11 is 2.93. The first-order chi connectivity index (χ1) is 24.2. The monoisotopic (exact) mass is 692 g/mol. The van der Waals surface area contributed by atoms with Gasteiger partial charge in [0.15, 0.2) is 12.3 Å². The molecule has 1 aliphatic heterocycles. The van der Waals surface area contributed by atoms with E-state index in [1.807, 2.05) is 82.1 Å². The number of benzene rings is 4. The quantitative estimate of drug-likeness (QED) is 0.0605. The van der Waals surface area contributed by atoms with E-state index in [1.165, 1.54) is 23.1 Å². The van der Waals surface area contributed by atoms with Crippen LogP contribution in [0.15, 0.2) is 135 Å². The third-order valence-electron chi connectivity index (χ3n) is 8.49. The molecule has 4 N–H and O–H groups in total. The molecule has 50 heavy (non-hydrogen) atoms. The van der Waals surface area contributed by atoms with Crippen LogP contribution in [-0.2, 0) is 17.9 Å². The van der Waals surface area contributed by atoms with Gasteiger partial charge in [-0.05, 0) is 40.8 Å². The van der Waals surface area contributed by atoms with Gasteiger partial charge in [0.2, 0.25) is 5.52 Å². The second-order valence-electron chi connectivity index (χ2n) is 11.6. The number of fused-ring (bicyclic) bond motifs is 2. The minimum absolute atomic E-state index is 0.170. The van der Waals surface area contributed by atoms with Crippen LogP contribution in [0.3, 0.4) is 0 Å². The number of carbonyl (C=O) groups is 1. The first-order valence-electron chi connectivity index (χ1n) is 15.5. The van der Waals surface area contributed by atoms with Crippen LogP contribution in [0.2, 0.25) is 0 Å². The predicted molar refractivity (Wildman–Crippen MR) is 198 cm³/mol. The highest BCUT2D eigenvalue weighted by atomic mass is 32.2. The largest absolute Gasteiger partial charge is 0.762 e. The molecule has 0 amide bonds. The third-order valence-corrected chi connectivity index (χ3v) is 10.7. The van der Waals surface area contributed by atoms with Gasteiger partial charge in [-0.3, -0.25) is 4.79 Å². The van der Waals surface area contributed by atoms with Crippen molar-refractivity contribution in [1.82, 2.24) is 0 Å². The average Bonchev–Trinajstić information content (AvgIpc) is 3.66. The standard InChI is InChI=1S/C37H26B2N4O5S2/c40-19-25(20-41)36-28(17-34-42(30-11-1-3-13-32(30)49-34)21-23-7-5-9-26(15-23)38(45)46)37(44)29(36)18-35-43(31-12-2-4-14-33(31)50-35)22-24-8-6-10-27(16-24)39(47)48/h1-18,45-48H,21-22H2. The van der Waals surface area contributed by atoms with E-state index in [0.717, 1.165) is 42.0 Å². The van der Waals surface area contributed by atoms with Crippen LogP contribution >= 0.6 is 23.1 Å². The Labute approximate surface area is 296 Å². The Morgan fingerprint density at radius 1 is 0.880 bits per heavy atom. The van der Waals surface area contributed by atoms with Crippen LogP contribution in [0.1, 0.15) is 16.1 Å². The summed E-state index contributed by atoms with van der Waals surface area (Å²) in [7, 11) is -3.22. The van der Waals surface area contributed by atoms with Gasteiger partial charge in [0.05, 0.1) is 16.3 Å². The van der Waals surface area contributed by atoms with Crippen molar-refractivity contribution in [3.63, 3.8) is 0 Å². The van der Waals surface area contributed by atoms with Gasteiger partial charge in [-0.2, -0.15) is 9.83 Å². The molecule has 4 aromatic carbocycles. The number of para-hydroxylation sites is 2. The second kappa shape index (κ2) is 13.9. The Balaban J connectivity index is 1.32. The zero-order chi connectivity index (χ0) is 34.9. The molecule has 1 aliphatic carbocycles. The predicted octanol–water partition coefficient (Wildman–Crippen LogP) is 3.20. The zero-order valence-corrected chi connectivity index (χ0v) is 27.9. The second-order valence-corrected chi connectivity index (χ2v) is 13.8. The van der Waals surface area contributed by atoms with Crippen molar-refractivity contribution in [1.29, 1.82) is 5.26 Å². The van der Waals surface area contributed by atoms with Crippen molar-refractivity contribution in [2.75, 3.05) is 4.90 Å². The molecule has 13 heteroatoms. The molecule has 2 aliphatic rings. The molecule has 0 saturated heterocycles. The molecule has 242 valence electrons. The minimum atomic E-state index is -1.61. The number of hydrogen-bond acceptors (Lipinski definition) is 9. The Bertz CT molecular complexity index is 2390. The SMILES string of the molecule is N#CC(=C=[N-])C1=C(/C=C2/Sc3ccccc3N2Cc2cccc(B(O)O)c2)C(=O)/C1=C/c1sc2ccccc2[n+]1Cc1cccc(B(O)O)c1. The summed E-state index contributed by atoms with van der Waals surface area (Å²) in [5.74, 6) is 1.69. The van der Waals surface area contributed by atoms with Crippen molar-refractivity contribution in [3.8, 4) is 6.07 Å². The lowest BCUT2D eigenvalue weighted by Gasteiger charge is -2.26. The molecule has 0 spiro atoms. The van der Waals surface area contributed by atoms with Gasteiger partial charge in [0.1, 0.15) is 10.8 Å². The van der Waals surface area contributed by atoms with Crippen LogP contribution in [0.5, 0.6) is 0 Å². The van der Waals surface area contributed by atoms with Gasteiger partial charge < -0.3 is 30.4 Å². The number of carbonyl (C=O) groups excluding carboxylic acids is 1. The molecule has 0 fully saturated rings. The first kappa shape index (κ1) is 33.2. The number of ketones is 1. The number of hydrogen-bond donors (Lipinski definition) is 4. The smallest absolute Gasteiger partial charge is 0.488 e. The van der Waals surface area contributed by atoms with E-state index >= 15 is 0 Å². The van der Waals surface area contributed by atoms with Crippen molar-refractivity contribution in [2.45, 2.75) is 18.0 Å². The van der Waals surface area contributed by atoms with Crippen molar-refractivity contribution in [2.24, 2.45) is 0 Å². The van der Waals surface area contributed by atoms with Gasteiger partial charge in [0, 0.05) is 45.9 Å². The van der Waals surface area contributed by atoms with Gasteiger partial charge in [-0.1, -0.05) is 95.9 Å². The minimum Gasteiger partial charge on any atom is -0.762 e. The van der Waals surface area contributed by atoms with Gasteiger partial charge in [0.25, 0.3) is 5.01 Å². The van der Waals surface area contributed by atoms with Crippen LogP contribution in [0, 0.1) is 11.3 Å². The maximum Gasteiger partial charge on any atom is 0.488 e. The zero-order valence-electron chi connectivity index (χ0n) is 26.3. The van der Waals surface area contributed by atoms with E-state index in [2.05, 4.69) is 0 Å². The summed E-state index contributed by atoms with van der Waals surface area (Å²) in [5.41, 5.74) is 4.82. The molecule has 0 saturated carbocycles. The van der Waals surface area contributed by atoms with E-state index in [1.54, 1.807) is 48.6 Å². The molecule has 0 unspecified atom stereocenters. The number of aromatic nitrogens is 1. The maximum absolute atomic E-state index is 14.0. The lowest BCUT2D eigenvalue weighted by Crippen LogP contribution is -2.37. The molecule has 5 aromatic rings. The Kier molecular flexibility index (Phi) is 9.25. The van der Waals surface area contributed by atoms with Crippen LogP contribution in [-0.4, -0.2) is 46.0 Å². The number of thiazole rings is 1. The van der Waals surface area contributed by atoms with Crippen LogP contribution in [0.25, 0.3) is 21.7 Å². The molecule has 0 bridgehead atoms. The summed E-state index contributed by atoms with van der Waals surface area (Å²) in [6, 6.07) is 31.5. The number of nitrogens with zero attached hydrogens (tertiary/aromatic N) is 4. The molecule has 2 heterocycles. The Hall–Kier alpha value is -5.28. The Morgan fingerprint density at radius 3 is 2.28 bits per heavy atom. The highest BCUT2D eigenvalue weighted by molar-refractivity contribution is 8.03. The van der Waals surface area contributed by atoms with E-state index < -0.39 is 14.2 Å². The molecule has 7 rings (SSSR count). The number of allylic oxidation sites excluding steroid dienone is 5. The first-order valence-corrected chi connectivity index (χ1v) is 17.1. The molecule has 9 nitrogen and oxygen atoms in total. The van der Waals surface area contributed by atoms with Crippen LogP contribution < -0.4 is 20.4 Å². The number of Topliss-reactive ketones (excluding diaryl/α,β-unsaturated/α-hetero) is 1. The number of nitriles is 1. The van der Waals surface area contributed by atoms with E-state index in [4.69, 9.17) is 0 Å². The van der Waals surface area contributed by atoms with E-state index in [-0.39, 0.29) is 28.1 Å². The highest BCUT2D eigenvalue weighted by Crippen LogP contribution is 2.48. The molecular weight excluding hydrogens is 666 g/mol. The summed E-state index contributed by atoms with van der Waals surface area (Å²) in [5, 5.41) is 60.4. The van der Waals surface area contributed by atoms with Gasteiger partial charge in [-0.15, -0.1) is 0 Å². The fraction of sp³-hybridized carbons (Fsp3) is 0.0541. The average molecular weight is 692 g/mol. The van der Waals surface area contributed by atoms with E-state index in [9.17, 15) is 35.6 Å². The number of thioether (sulfide) groups is 1. The molecular formula is C37H26B2N4O5S2. The summed E-state index contributed by atoms with van der Waals surface area (Å²) in [4.78, 5) is 17.0. The fourth-order valence-electron chi connectivity index (χ4n) is 6.10. The molecule has 0 radical (unpaired) electrons. The summed E-state index contributed by atoms with van der Waals surface area (Å²) < 4.78 is 2.99. The lowest BCUT2D eigenvalue weighted by molar-refractivity contribution is -0.659. The topological polar surface area (TPSA) is 151 Å². The van der Waals surface area contributed by atoms with Crippen molar-refractivity contribution in [3.05, 3.63) is 152 Å². The lowest BCUT2D eigenvalue weighted by atomic mass is 9.77. The third kappa shape index (κ3) is 6.29. The number of rotatable bonds is 9. The van der Waals surface area contributed by atoms with Crippen molar-refractivity contribution < 1.29 is 29.5 Å². The molecule has 0 atom stereocenters. The normalized spacial score (nSPS) is 15.3. The fourth-order valence-corrected chi connectivity index (χ4v) is 8.31. The summed E-state index contributed by atoms with van der Waals surface area (Å²) in [6.07, 6.45) is 3.45. The maximum atomic E-state index is 14.0. The van der Waals surface area contributed by atoms with Gasteiger partial charge >= 0.3 is 14.2 Å². The molecule has 1 aromatic heterocycles. The van der Waals surface area contributed by atoms with Gasteiger partial charge in [-0.25, -0.2) is 5.87 Å². The van der Waals surface area contributed by atoms with E-state index in [0.29, 0.717) is 24.0 Å². The van der Waals surface area contributed by atoms with Crippen LogP contribution in [0.4, 0.5) is 5.69 Å². The van der Waals surface area contributed by atoms with Crippen molar-refractivity contribution >= 4 is 81.9 Å². The summed E-state index contributed by atoms with van der Waals surface area (Å²) in [6.45, 7) is 0.749. The highest BCUT2D eigenvalue weighted by Gasteiger charge is 2.37.